The van der Waals surface area contributed by atoms with Gasteiger partial charge in [0.1, 0.15) is 11.4 Å². The molecule has 2 aromatic carbocycles. The Hall–Kier alpha value is -2.98. The molecular formula is C23H28FN3O5S. The van der Waals surface area contributed by atoms with Gasteiger partial charge in [0.2, 0.25) is 10.0 Å². The highest BCUT2D eigenvalue weighted by molar-refractivity contribution is 7.89. The number of carbonyl (C=O) groups excluding carboxylic acids is 2. The van der Waals surface area contributed by atoms with Crippen LogP contribution in [0.25, 0.3) is 0 Å². The molecule has 178 valence electrons. The number of nitrogens with zero attached hydrogens (tertiary/aromatic N) is 1. The number of carbonyl (C=O) groups is 2. The minimum absolute atomic E-state index is 0.0194. The van der Waals surface area contributed by atoms with Crippen LogP contribution in [0.5, 0.6) is 0 Å². The summed E-state index contributed by atoms with van der Waals surface area (Å²) in [5, 5.41) is 4.89. The van der Waals surface area contributed by atoms with Gasteiger partial charge in [-0.05, 0) is 63.9 Å². The lowest BCUT2D eigenvalue weighted by Gasteiger charge is -2.26. The number of hydrogen-bond acceptors (Lipinski definition) is 5. The summed E-state index contributed by atoms with van der Waals surface area (Å²) in [5.41, 5.74) is -0.793. The third-order valence-electron chi connectivity index (χ3n) is 4.92. The lowest BCUT2D eigenvalue weighted by Crippen LogP contribution is -2.36. The fraction of sp³-hybridized carbons (Fsp3) is 0.391. The molecule has 33 heavy (non-hydrogen) atoms. The Kier molecular flexibility index (Phi) is 7.38. The molecule has 0 spiro atoms. The molecule has 0 aliphatic carbocycles. The molecule has 1 aliphatic heterocycles. The van der Waals surface area contributed by atoms with Gasteiger partial charge in [-0.2, -0.15) is 4.31 Å². The maximum atomic E-state index is 14.2. The molecule has 0 unspecified atom stereocenters. The van der Waals surface area contributed by atoms with E-state index < -0.39 is 33.4 Å². The van der Waals surface area contributed by atoms with Gasteiger partial charge in [-0.1, -0.05) is 18.6 Å². The van der Waals surface area contributed by atoms with E-state index in [1.54, 1.807) is 32.9 Å². The van der Waals surface area contributed by atoms with Gasteiger partial charge in [0.25, 0.3) is 5.91 Å². The number of benzene rings is 2. The Labute approximate surface area is 193 Å². The number of amides is 2. The summed E-state index contributed by atoms with van der Waals surface area (Å²) in [4.78, 5) is 24.9. The molecule has 2 amide bonds. The van der Waals surface area contributed by atoms with Crippen molar-refractivity contribution in [3.8, 4) is 0 Å². The van der Waals surface area contributed by atoms with Crippen LogP contribution in [0.3, 0.4) is 0 Å². The molecule has 0 bridgehead atoms. The lowest BCUT2D eigenvalue weighted by atomic mass is 10.2. The summed E-state index contributed by atoms with van der Waals surface area (Å²) in [5.74, 6) is -1.38. The normalized spacial score (nSPS) is 15.0. The van der Waals surface area contributed by atoms with E-state index in [4.69, 9.17) is 4.74 Å². The molecule has 8 nitrogen and oxygen atoms in total. The van der Waals surface area contributed by atoms with E-state index in [0.29, 0.717) is 13.1 Å². The molecule has 1 aliphatic rings. The summed E-state index contributed by atoms with van der Waals surface area (Å²) in [6.07, 6.45) is 1.67. The van der Waals surface area contributed by atoms with Crippen molar-refractivity contribution >= 4 is 33.4 Å². The zero-order valence-electron chi connectivity index (χ0n) is 18.9. The van der Waals surface area contributed by atoms with Crippen molar-refractivity contribution in [1.29, 1.82) is 0 Å². The van der Waals surface area contributed by atoms with Crippen LogP contribution in [0.2, 0.25) is 0 Å². The van der Waals surface area contributed by atoms with E-state index in [2.05, 4.69) is 10.6 Å². The fourth-order valence-electron chi connectivity index (χ4n) is 3.43. The highest BCUT2D eigenvalue weighted by Crippen LogP contribution is 2.26. The minimum Gasteiger partial charge on any atom is -0.444 e. The molecule has 0 atom stereocenters. The van der Waals surface area contributed by atoms with Gasteiger partial charge in [0, 0.05) is 18.8 Å². The molecule has 1 saturated heterocycles. The van der Waals surface area contributed by atoms with Gasteiger partial charge in [-0.25, -0.2) is 17.6 Å². The summed E-state index contributed by atoms with van der Waals surface area (Å²) >= 11 is 0. The smallest absolute Gasteiger partial charge is 0.412 e. The third kappa shape index (κ3) is 6.29. The molecule has 2 aromatic rings. The quantitative estimate of drug-likeness (QED) is 0.655. The first-order chi connectivity index (χ1) is 15.5. The Bertz CT molecular complexity index is 1140. The first-order valence-electron chi connectivity index (χ1n) is 10.7. The summed E-state index contributed by atoms with van der Waals surface area (Å²) in [7, 11) is -3.84. The van der Waals surface area contributed by atoms with Crippen LogP contribution in [0.15, 0.2) is 47.4 Å². The fourth-order valence-corrected chi connectivity index (χ4v) is 5.14. The first kappa shape index (κ1) is 24.7. The second kappa shape index (κ2) is 9.88. The Morgan fingerprint density at radius 3 is 2.33 bits per heavy atom. The zero-order chi connectivity index (χ0) is 24.2. The summed E-state index contributed by atoms with van der Waals surface area (Å²) in [6.45, 7) is 5.85. The van der Waals surface area contributed by atoms with Crippen LogP contribution < -0.4 is 10.6 Å². The SMILES string of the molecule is CC(C)(C)OC(=O)Nc1cc(NC(=O)c2ccccc2S(=O)(=O)N2CCCCC2)ccc1F. The molecule has 0 saturated carbocycles. The number of hydrogen-bond donors (Lipinski definition) is 2. The molecule has 2 N–H and O–H groups in total. The van der Waals surface area contributed by atoms with Crippen molar-refractivity contribution < 1.29 is 27.1 Å². The van der Waals surface area contributed by atoms with E-state index in [0.717, 1.165) is 25.3 Å². The average molecular weight is 478 g/mol. The van der Waals surface area contributed by atoms with Crippen molar-refractivity contribution in [2.45, 2.75) is 50.5 Å². The Morgan fingerprint density at radius 1 is 1.00 bits per heavy atom. The number of piperidine rings is 1. The highest BCUT2D eigenvalue weighted by Gasteiger charge is 2.30. The van der Waals surface area contributed by atoms with Gasteiger partial charge in [0.05, 0.1) is 16.1 Å². The lowest BCUT2D eigenvalue weighted by molar-refractivity contribution is 0.0635. The number of nitrogens with one attached hydrogen (secondary N) is 2. The van der Waals surface area contributed by atoms with Crippen LogP contribution in [0.1, 0.15) is 50.4 Å². The molecule has 1 heterocycles. The van der Waals surface area contributed by atoms with Crippen molar-refractivity contribution in [2.24, 2.45) is 0 Å². The number of anilines is 2. The third-order valence-corrected chi connectivity index (χ3v) is 6.88. The maximum absolute atomic E-state index is 14.2. The van der Waals surface area contributed by atoms with Crippen molar-refractivity contribution in [3.05, 3.63) is 53.8 Å². The standard InChI is InChI=1S/C23H28FN3O5S/c1-23(2,3)32-22(29)26-19-15-16(11-12-18(19)24)25-21(28)17-9-5-6-10-20(17)33(30,31)27-13-7-4-8-14-27/h5-6,9-12,15H,4,7-8,13-14H2,1-3H3,(H,25,28)(H,26,29). The van der Waals surface area contributed by atoms with Crippen molar-refractivity contribution in [2.75, 3.05) is 23.7 Å². The number of rotatable bonds is 5. The van der Waals surface area contributed by atoms with Crippen LogP contribution in [-0.2, 0) is 14.8 Å². The second-order valence-corrected chi connectivity index (χ2v) is 10.6. The van der Waals surface area contributed by atoms with Crippen molar-refractivity contribution in [1.82, 2.24) is 4.31 Å². The largest absolute Gasteiger partial charge is 0.444 e. The number of ether oxygens (including phenoxy) is 1. The highest BCUT2D eigenvalue weighted by atomic mass is 32.2. The number of sulfonamides is 1. The second-order valence-electron chi connectivity index (χ2n) is 8.74. The van der Waals surface area contributed by atoms with Crippen LogP contribution in [0, 0.1) is 5.82 Å². The predicted octanol–water partition coefficient (Wildman–Crippen LogP) is 4.60. The summed E-state index contributed by atoms with van der Waals surface area (Å²) < 4.78 is 47.0. The molecule has 3 rings (SSSR count). The first-order valence-corrected chi connectivity index (χ1v) is 12.1. The van der Waals surface area contributed by atoms with Gasteiger partial charge >= 0.3 is 6.09 Å². The predicted molar refractivity (Wildman–Crippen MR) is 123 cm³/mol. The van der Waals surface area contributed by atoms with E-state index in [-0.39, 0.29) is 21.8 Å². The van der Waals surface area contributed by atoms with Gasteiger partial charge in [0.15, 0.2) is 0 Å². The Balaban J connectivity index is 1.82. The van der Waals surface area contributed by atoms with E-state index in [1.807, 2.05) is 0 Å². The zero-order valence-corrected chi connectivity index (χ0v) is 19.7. The van der Waals surface area contributed by atoms with Gasteiger partial charge < -0.3 is 10.1 Å². The van der Waals surface area contributed by atoms with E-state index in [1.165, 1.54) is 28.6 Å². The summed E-state index contributed by atoms with van der Waals surface area (Å²) in [6, 6.07) is 9.60. The molecule has 1 fully saturated rings. The van der Waals surface area contributed by atoms with E-state index in [9.17, 15) is 22.4 Å². The van der Waals surface area contributed by atoms with Gasteiger partial charge in [-0.3, -0.25) is 10.1 Å². The molecule has 0 aromatic heterocycles. The van der Waals surface area contributed by atoms with Crippen LogP contribution in [-0.4, -0.2) is 43.4 Å². The van der Waals surface area contributed by atoms with Crippen molar-refractivity contribution in [3.63, 3.8) is 0 Å². The monoisotopic (exact) mass is 477 g/mol. The topological polar surface area (TPSA) is 105 Å². The van der Waals surface area contributed by atoms with E-state index >= 15 is 0 Å². The average Bonchev–Trinajstić information content (AvgIpc) is 2.75. The molecule has 0 radical (unpaired) electrons. The Morgan fingerprint density at radius 2 is 1.67 bits per heavy atom. The van der Waals surface area contributed by atoms with Crippen LogP contribution >= 0.6 is 0 Å². The molecule has 10 heteroatoms. The van der Waals surface area contributed by atoms with Crippen LogP contribution in [0.4, 0.5) is 20.6 Å². The van der Waals surface area contributed by atoms with Gasteiger partial charge in [-0.15, -0.1) is 0 Å². The molecular weight excluding hydrogens is 449 g/mol. The maximum Gasteiger partial charge on any atom is 0.412 e. The number of halogens is 1. The minimum atomic E-state index is -3.84.